The Morgan fingerprint density at radius 2 is 2.22 bits per heavy atom. The molecule has 5 nitrogen and oxygen atoms in total. The lowest BCUT2D eigenvalue weighted by Crippen LogP contribution is -2.47. The number of sulfonamides is 1. The van der Waals surface area contributed by atoms with Crippen LogP contribution in [0, 0.1) is 11.7 Å². The maximum Gasteiger partial charge on any atom is 0.246 e. The zero-order valence-electron chi connectivity index (χ0n) is 12.8. The highest BCUT2D eigenvalue weighted by Gasteiger charge is 2.40. The van der Waals surface area contributed by atoms with Crippen LogP contribution in [0.25, 0.3) is 0 Å². The van der Waals surface area contributed by atoms with Crippen LogP contribution in [0.2, 0.25) is 5.02 Å². The molecule has 128 valence electrons. The van der Waals surface area contributed by atoms with Crippen LogP contribution < -0.4 is 5.32 Å². The van der Waals surface area contributed by atoms with Crippen molar-refractivity contribution in [3.63, 3.8) is 0 Å². The third kappa shape index (κ3) is 4.17. The molecule has 0 radical (unpaired) electrons. The highest BCUT2D eigenvalue weighted by atomic mass is 35.5. The van der Waals surface area contributed by atoms with Gasteiger partial charge in [-0.2, -0.15) is 4.31 Å². The predicted molar refractivity (Wildman–Crippen MR) is 89.4 cm³/mol. The number of carbonyl (C=O) groups is 1. The lowest BCUT2D eigenvalue weighted by atomic mass is 10.2. The SMILES string of the molecule is CC(C)CNC(=O)C1CSCN1S(=O)(=O)c1cc(F)ccc1Cl. The Hall–Kier alpha value is -0.830. The van der Waals surface area contributed by atoms with Gasteiger partial charge in [-0.05, 0) is 24.1 Å². The first kappa shape index (κ1) is 18.5. The van der Waals surface area contributed by atoms with Crippen LogP contribution in [0.5, 0.6) is 0 Å². The van der Waals surface area contributed by atoms with Gasteiger partial charge in [0, 0.05) is 12.3 Å². The second-order valence-corrected chi connectivity index (χ2v) is 8.89. The molecule has 0 bridgehead atoms. The zero-order chi connectivity index (χ0) is 17.2. The van der Waals surface area contributed by atoms with E-state index in [9.17, 15) is 17.6 Å². The third-order valence-corrected chi connectivity index (χ3v) is 6.82. The highest BCUT2D eigenvalue weighted by Crippen LogP contribution is 2.32. The molecule has 1 atom stereocenters. The maximum atomic E-state index is 13.4. The van der Waals surface area contributed by atoms with Crippen molar-refractivity contribution in [2.75, 3.05) is 18.2 Å². The number of rotatable bonds is 5. The quantitative estimate of drug-likeness (QED) is 0.851. The number of amides is 1. The lowest BCUT2D eigenvalue weighted by Gasteiger charge is -2.23. The molecule has 1 amide bonds. The molecule has 1 heterocycles. The van der Waals surface area contributed by atoms with Crippen LogP contribution in [-0.4, -0.2) is 42.8 Å². The largest absolute Gasteiger partial charge is 0.354 e. The fourth-order valence-corrected chi connectivity index (χ4v) is 5.73. The zero-order valence-corrected chi connectivity index (χ0v) is 15.1. The summed E-state index contributed by atoms with van der Waals surface area (Å²) in [7, 11) is -4.04. The van der Waals surface area contributed by atoms with E-state index in [1.807, 2.05) is 13.8 Å². The monoisotopic (exact) mass is 380 g/mol. The van der Waals surface area contributed by atoms with Crippen LogP contribution in [0.15, 0.2) is 23.1 Å². The fourth-order valence-electron chi connectivity index (χ4n) is 2.09. The number of thioether (sulfide) groups is 1. The van der Waals surface area contributed by atoms with Crippen LogP contribution in [0.4, 0.5) is 4.39 Å². The van der Waals surface area contributed by atoms with Crippen molar-refractivity contribution in [1.82, 2.24) is 9.62 Å². The number of carbonyl (C=O) groups excluding carboxylic acids is 1. The number of hydrogen-bond acceptors (Lipinski definition) is 4. The summed E-state index contributed by atoms with van der Waals surface area (Å²) in [5.41, 5.74) is 0. The summed E-state index contributed by atoms with van der Waals surface area (Å²) >= 11 is 7.24. The molecule has 0 aromatic heterocycles. The Morgan fingerprint density at radius 3 is 2.87 bits per heavy atom. The van der Waals surface area contributed by atoms with Crippen LogP contribution in [-0.2, 0) is 14.8 Å². The van der Waals surface area contributed by atoms with Crippen molar-refractivity contribution in [2.45, 2.75) is 24.8 Å². The van der Waals surface area contributed by atoms with E-state index in [-0.39, 0.29) is 27.6 Å². The molecule has 0 spiro atoms. The van der Waals surface area contributed by atoms with Gasteiger partial charge in [-0.3, -0.25) is 4.79 Å². The van der Waals surface area contributed by atoms with E-state index in [0.29, 0.717) is 12.3 Å². The third-order valence-electron chi connectivity index (χ3n) is 3.31. The molecule has 1 aromatic carbocycles. The minimum absolute atomic E-state index is 0.0651. The molecular weight excluding hydrogens is 363 g/mol. The smallest absolute Gasteiger partial charge is 0.246 e. The first-order valence-corrected chi connectivity index (χ1v) is 10.0. The van der Waals surface area contributed by atoms with Crippen LogP contribution in [0.3, 0.4) is 0 Å². The van der Waals surface area contributed by atoms with Crippen LogP contribution >= 0.6 is 23.4 Å². The molecule has 1 N–H and O–H groups in total. The molecule has 1 aliphatic heterocycles. The van der Waals surface area contributed by atoms with Crippen molar-refractivity contribution >= 4 is 39.3 Å². The van der Waals surface area contributed by atoms with Gasteiger partial charge in [0.05, 0.1) is 10.9 Å². The summed E-state index contributed by atoms with van der Waals surface area (Å²) < 4.78 is 40.0. The Balaban J connectivity index is 2.27. The Morgan fingerprint density at radius 1 is 1.52 bits per heavy atom. The van der Waals surface area contributed by atoms with Gasteiger partial charge in [0.15, 0.2) is 0 Å². The summed E-state index contributed by atoms with van der Waals surface area (Å²) in [5.74, 6) is -0.290. The topological polar surface area (TPSA) is 66.5 Å². The molecular formula is C14H18ClFN2O3S2. The van der Waals surface area contributed by atoms with E-state index < -0.39 is 21.9 Å². The van der Waals surface area contributed by atoms with E-state index in [0.717, 1.165) is 16.4 Å². The van der Waals surface area contributed by atoms with Crippen LogP contribution in [0.1, 0.15) is 13.8 Å². The van der Waals surface area contributed by atoms with Crippen molar-refractivity contribution in [3.05, 3.63) is 29.0 Å². The summed E-state index contributed by atoms with van der Waals surface area (Å²) in [6.45, 7) is 4.37. The first-order chi connectivity index (χ1) is 10.7. The molecule has 2 rings (SSSR count). The molecule has 1 unspecified atom stereocenters. The van der Waals surface area contributed by atoms with E-state index in [1.165, 1.54) is 17.8 Å². The average Bonchev–Trinajstić information content (AvgIpc) is 2.97. The Labute approximate surface area is 144 Å². The van der Waals surface area contributed by atoms with Crippen molar-refractivity contribution < 1.29 is 17.6 Å². The number of nitrogens with zero attached hydrogens (tertiary/aromatic N) is 1. The van der Waals surface area contributed by atoms with Crippen molar-refractivity contribution in [2.24, 2.45) is 5.92 Å². The minimum atomic E-state index is -4.04. The molecule has 23 heavy (non-hydrogen) atoms. The molecule has 0 aliphatic carbocycles. The molecule has 0 saturated carbocycles. The molecule has 9 heteroatoms. The fraction of sp³-hybridized carbons (Fsp3) is 0.500. The Bertz CT molecular complexity index is 697. The summed E-state index contributed by atoms with van der Waals surface area (Å²) in [5, 5.41) is 2.67. The maximum absolute atomic E-state index is 13.4. The molecule has 1 fully saturated rings. The first-order valence-electron chi connectivity index (χ1n) is 7.06. The van der Waals surface area contributed by atoms with E-state index in [2.05, 4.69) is 5.32 Å². The second kappa shape index (κ2) is 7.38. The lowest BCUT2D eigenvalue weighted by molar-refractivity contribution is -0.123. The predicted octanol–water partition coefficient (Wildman–Crippen LogP) is 2.31. The summed E-state index contributed by atoms with van der Waals surface area (Å²) in [6.07, 6.45) is 0. The number of hydrogen-bond donors (Lipinski definition) is 1. The number of nitrogens with one attached hydrogen (secondary N) is 1. The van der Waals surface area contributed by atoms with Gasteiger partial charge in [-0.15, -0.1) is 11.8 Å². The minimum Gasteiger partial charge on any atom is -0.354 e. The van der Waals surface area contributed by atoms with Gasteiger partial charge >= 0.3 is 0 Å². The van der Waals surface area contributed by atoms with Gasteiger partial charge in [0.1, 0.15) is 16.8 Å². The summed E-state index contributed by atoms with van der Waals surface area (Å²) in [4.78, 5) is 11.9. The normalized spacial score (nSPS) is 19.3. The molecule has 1 aromatic rings. The summed E-state index contributed by atoms with van der Waals surface area (Å²) in [6, 6.07) is 2.35. The van der Waals surface area contributed by atoms with Gasteiger partial charge in [0.25, 0.3) is 0 Å². The average molecular weight is 381 g/mol. The highest BCUT2D eigenvalue weighted by molar-refractivity contribution is 8.00. The second-order valence-electron chi connectivity index (χ2n) is 5.62. The number of halogens is 2. The van der Waals surface area contributed by atoms with Gasteiger partial charge in [-0.1, -0.05) is 25.4 Å². The Kier molecular flexibility index (Phi) is 5.94. The number of benzene rings is 1. The van der Waals surface area contributed by atoms with Gasteiger partial charge in [-0.25, -0.2) is 12.8 Å². The molecule has 1 saturated heterocycles. The van der Waals surface area contributed by atoms with Gasteiger partial charge < -0.3 is 5.32 Å². The van der Waals surface area contributed by atoms with E-state index in [1.54, 1.807) is 0 Å². The van der Waals surface area contributed by atoms with Gasteiger partial charge in [0.2, 0.25) is 15.9 Å². The van der Waals surface area contributed by atoms with Crippen molar-refractivity contribution in [3.8, 4) is 0 Å². The van der Waals surface area contributed by atoms with E-state index in [4.69, 9.17) is 11.6 Å². The van der Waals surface area contributed by atoms with Crippen molar-refractivity contribution in [1.29, 1.82) is 0 Å². The standard InChI is InChI=1S/C14H18ClFN2O3S2/c1-9(2)6-17-14(19)12-7-22-8-18(12)23(20,21)13-5-10(16)3-4-11(13)15/h3-5,9,12H,6-8H2,1-2H3,(H,17,19). The van der Waals surface area contributed by atoms with E-state index >= 15 is 0 Å². The molecule has 1 aliphatic rings.